The zero-order valence-corrected chi connectivity index (χ0v) is 66.8. The van der Waals surface area contributed by atoms with E-state index in [4.69, 9.17) is 37.0 Å². The highest BCUT2D eigenvalue weighted by Gasteiger charge is 2.30. The highest BCUT2D eigenvalue weighted by molar-refractivity contribution is 7.47. The van der Waals surface area contributed by atoms with Gasteiger partial charge < -0.3 is 33.8 Å². The molecule has 3 unspecified atom stereocenters. The quantitative estimate of drug-likeness (QED) is 0.0169. The molecule has 0 amide bonds. The van der Waals surface area contributed by atoms with Crippen LogP contribution in [0.4, 0.5) is 0 Å². The van der Waals surface area contributed by atoms with Crippen LogP contribution in [0.5, 0.6) is 0 Å². The van der Waals surface area contributed by atoms with Crippen molar-refractivity contribution >= 4 is 39.5 Å². The number of ether oxygens (including phenoxy) is 4. The zero-order valence-electron chi connectivity index (χ0n) is 65.0. The minimum atomic E-state index is -4.97. The average Bonchev–Trinajstić information content (AvgIpc) is 0.935. The second-order valence-electron chi connectivity index (χ2n) is 29.2. The molecular weight excluding hydrogens is 1310 g/mol. The second-order valence-corrected chi connectivity index (χ2v) is 32.1. The Morgan fingerprint density at radius 3 is 0.900 bits per heavy atom. The van der Waals surface area contributed by atoms with Crippen LogP contribution in [0.25, 0.3) is 0 Å². The first kappa shape index (κ1) is 97.5. The van der Waals surface area contributed by atoms with Gasteiger partial charge in [0, 0.05) is 25.7 Å². The van der Waals surface area contributed by atoms with Gasteiger partial charge in [-0.15, -0.1) is 0 Å². The van der Waals surface area contributed by atoms with Crippen LogP contribution < -0.4 is 0 Å². The number of phosphoric ester groups is 2. The summed E-state index contributed by atoms with van der Waals surface area (Å²) in [7, 11) is -9.93. The molecule has 0 heterocycles. The van der Waals surface area contributed by atoms with E-state index in [1.165, 1.54) is 193 Å². The number of hydrogen-bond acceptors (Lipinski definition) is 15. The number of rotatable bonds is 78. The van der Waals surface area contributed by atoms with Crippen LogP contribution in [0.2, 0.25) is 0 Å². The molecule has 590 valence electrons. The highest BCUT2D eigenvalue weighted by atomic mass is 31.2. The summed E-state index contributed by atoms with van der Waals surface area (Å²) in [5.74, 6) is -0.665. The molecular formula is C81H154O17P2. The van der Waals surface area contributed by atoms with Gasteiger partial charge in [0.05, 0.1) is 26.4 Å². The number of carbonyl (C=O) groups is 4. The van der Waals surface area contributed by atoms with Crippen LogP contribution in [0.3, 0.4) is 0 Å². The van der Waals surface area contributed by atoms with E-state index in [0.717, 1.165) is 121 Å². The van der Waals surface area contributed by atoms with Crippen molar-refractivity contribution in [1.82, 2.24) is 0 Å². The Morgan fingerprint density at radius 2 is 0.590 bits per heavy atom. The normalized spacial score (nSPS) is 14.3. The minimum absolute atomic E-state index is 0.102. The molecule has 0 saturated heterocycles. The Kier molecular flexibility index (Phi) is 70.3. The van der Waals surface area contributed by atoms with Gasteiger partial charge in [-0.05, 0) is 63.2 Å². The smallest absolute Gasteiger partial charge is 0.462 e. The standard InChI is InChI=1S/C81H154O17P2/c1-7-10-12-14-16-18-20-22-24-25-26-27-28-29-30-32-34-36-41-45-53-59-65-80(85)97-76(69-91-78(83)63-57-51-44-40-35-33-31-23-21-19-17-15-13-11-8-2)71-95-99(87,88)93-67-75(82)68-94-100(89,90)96-72-77(70-92-79(84)64-58-52-48-47-49-55-61-73(4)5)98-81(86)66-60-54-46-42-38-37-39-43-50-56-62-74(6)9-3/h19,21,23,31,73-77,82H,7-18,20,22,24-30,32-72H2,1-6H3,(H,87,88)(H,89,90)/b21-19-,31-23-/t74?,75-,76-,77-/m1/s1. The fourth-order valence-electron chi connectivity index (χ4n) is 12.0. The average molecular weight is 1460 g/mol. The van der Waals surface area contributed by atoms with E-state index in [0.29, 0.717) is 31.6 Å². The number of phosphoric acid groups is 2. The number of aliphatic hydroxyl groups is 1. The number of hydrogen-bond donors (Lipinski definition) is 3. The number of aliphatic hydroxyl groups excluding tert-OH is 1. The fraction of sp³-hybridized carbons (Fsp3) is 0.901. The molecule has 0 aromatic rings. The van der Waals surface area contributed by atoms with E-state index in [2.05, 4.69) is 65.8 Å². The molecule has 0 radical (unpaired) electrons. The van der Waals surface area contributed by atoms with Crippen LogP contribution in [0.1, 0.15) is 401 Å². The van der Waals surface area contributed by atoms with E-state index < -0.39 is 97.5 Å². The monoisotopic (exact) mass is 1460 g/mol. The summed E-state index contributed by atoms with van der Waals surface area (Å²) < 4.78 is 68.6. The number of carbonyl (C=O) groups excluding carboxylic acids is 4. The lowest BCUT2D eigenvalue weighted by Crippen LogP contribution is -2.30. The maximum atomic E-state index is 13.1. The van der Waals surface area contributed by atoms with E-state index in [1.54, 1.807) is 0 Å². The Hall–Kier alpha value is -2.46. The van der Waals surface area contributed by atoms with Gasteiger partial charge in [-0.3, -0.25) is 37.3 Å². The van der Waals surface area contributed by atoms with E-state index in [1.807, 2.05) is 0 Å². The van der Waals surface area contributed by atoms with Crippen molar-refractivity contribution in [2.75, 3.05) is 39.6 Å². The third-order valence-corrected chi connectivity index (χ3v) is 20.6. The van der Waals surface area contributed by atoms with Gasteiger partial charge in [-0.2, -0.15) is 0 Å². The van der Waals surface area contributed by atoms with Crippen LogP contribution in [0.15, 0.2) is 24.3 Å². The first-order valence-corrected chi connectivity index (χ1v) is 44.3. The minimum Gasteiger partial charge on any atom is -0.462 e. The number of allylic oxidation sites excluding steroid dienone is 4. The molecule has 0 rings (SSSR count). The largest absolute Gasteiger partial charge is 0.472 e. The predicted molar refractivity (Wildman–Crippen MR) is 409 cm³/mol. The van der Waals surface area contributed by atoms with Gasteiger partial charge in [-0.25, -0.2) is 9.13 Å². The SMILES string of the molecule is CCCCCC/C=C\C=C/CCCCCCCC(=O)OC[C@H](COP(=O)(O)OC[C@@H](O)COP(=O)(O)OC[C@@H](COC(=O)CCCCCCCCC(C)C)OC(=O)CCCCCCCCCCCCC(C)CC)OC(=O)CCCCCCCCCCCCCCCCCCCCCCCC. The molecule has 0 saturated carbocycles. The lowest BCUT2D eigenvalue weighted by Gasteiger charge is -2.21. The molecule has 0 aromatic carbocycles. The first-order valence-electron chi connectivity index (χ1n) is 41.3. The van der Waals surface area contributed by atoms with Gasteiger partial charge >= 0.3 is 39.5 Å². The van der Waals surface area contributed by atoms with Gasteiger partial charge in [-0.1, -0.05) is 348 Å². The molecule has 0 aliphatic heterocycles. The highest BCUT2D eigenvalue weighted by Crippen LogP contribution is 2.45. The van der Waals surface area contributed by atoms with Gasteiger partial charge in [0.1, 0.15) is 19.3 Å². The summed E-state index contributed by atoms with van der Waals surface area (Å²) in [6.07, 6.45) is 64.9. The molecule has 0 spiro atoms. The molecule has 17 nitrogen and oxygen atoms in total. The van der Waals surface area contributed by atoms with Gasteiger partial charge in [0.2, 0.25) is 0 Å². The van der Waals surface area contributed by atoms with E-state index >= 15 is 0 Å². The van der Waals surface area contributed by atoms with Crippen molar-refractivity contribution in [2.45, 2.75) is 419 Å². The molecule has 100 heavy (non-hydrogen) atoms. The first-order chi connectivity index (χ1) is 48.4. The van der Waals surface area contributed by atoms with E-state index in [-0.39, 0.29) is 25.7 Å². The van der Waals surface area contributed by atoms with Crippen LogP contribution in [-0.4, -0.2) is 96.7 Å². The third-order valence-electron chi connectivity index (χ3n) is 18.7. The van der Waals surface area contributed by atoms with E-state index in [9.17, 15) is 43.2 Å². The molecule has 6 atom stereocenters. The van der Waals surface area contributed by atoms with Crippen molar-refractivity contribution in [3.8, 4) is 0 Å². The molecule has 3 N–H and O–H groups in total. The summed E-state index contributed by atoms with van der Waals surface area (Å²) in [6.45, 7) is 9.49. The molecule has 19 heteroatoms. The Bertz CT molecular complexity index is 2020. The zero-order chi connectivity index (χ0) is 73.5. The molecule has 0 fully saturated rings. The van der Waals surface area contributed by atoms with Crippen molar-refractivity contribution in [3.05, 3.63) is 24.3 Å². The lowest BCUT2D eigenvalue weighted by molar-refractivity contribution is -0.161. The Balaban J connectivity index is 5.23. The number of unbranched alkanes of at least 4 members (excludes halogenated alkanes) is 44. The van der Waals surface area contributed by atoms with Gasteiger partial charge in [0.25, 0.3) is 0 Å². The van der Waals surface area contributed by atoms with Gasteiger partial charge in [0.15, 0.2) is 12.2 Å². The summed E-state index contributed by atoms with van der Waals surface area (Å²) in [5.41, 5.74) is 0. The maximum absolute atomic E-state index is 13.1. The second kappa shape index (κ2) is 72.1. The van der Waals surface area contributed by atoms with Crippen LogP contribution >= 0.6 is 15.6 Å². The number of esters is 4. The van der Waals surface area contributed by atoms with Crippen molar-refractivity contribution in [1.29, 1.82) is 0 Å². The molecule has 0 bridgehead atoms. The summed E-state index contributed by atoms with van der Waals surface area (Å²) >= 11 is 0. The fourth-order valence-corrected chi connectivity index (χ4v) is 13.5. The van der Waals surface area contributed by atoms with Crippen molar-refractivity contribution in [2.24, 2.45) is 11.8 Å². The van der Waals surface area contributed by atoms with Crippen LogP contribution in [0, 0.1) is 11.8 Å². The summed E-state index contributed by atoms with van der Waals surface area (Å²) in [4.78, 5) is 72.9. The summed E-state index contributed by atoms with van der Waals surface area (Å²) in [5, 5.41) is 10.6. The Morgan fingerprint density at radius 1 is 0.330 bits per heavy atom. The Labute approximate surface area is 612 Å². The predicted octanol–water partition coefficient (Wildman–Crippen LogP) is 23.8. The molecule has 0 aromatic heterocycles. The van der Waals surface area contributed by atoms with Crippen molar-refractivity contribution in [3.63, 3.8) is 0 Å². The van der Waals surface area contributed by atoms with Crippen molar-refractivity contribution < 1.29 is 80.2 Å². The maximum Gasteiger partial charge on any atom is 0.472 e. The molecule has 0 aliphatic carbocycles. The topological polar surface area (TPSA) is 237 Å². The molecule has 0 aliphatic rings. The third kappa shape index (κ3) is 72.5. The summed E-state index contributed by atoms with van der Waals surface area (Å²) in [6, 6.07) is 0. The lowest BCUT2D eigenvalue weighted by atomic mass is 9.99. The van der Waals surface area contributed by atoms with Crippen LogP contribution in [-0.2, 0) is 65.4 Å².